The van der Waals surface area contributed by atoms with Crippen molar-refractivity contribution in [2.45, 2.75) is 19.8 Å². The van der Waals surface area contributed by atoms with Crippen LogP contribution in [0.2, 0.25) is 5.15 Å². The summed E-state index contributed by atoms with van der Waals surface area (Å²) in [5.74, 6) is 0.186. The van der Waals surface area contributed by atoms with Crippen molar-refractivity contribution in [3.05, 3.63) is 10.8 Å². The third-order valence-electron chi connectivity index (χ3n) is 1.68. The molecule has 0 radical (unpaired) electrons. The molecule has 1 rings (SSSR count). The van der Waals surface area contributed by atoms with E-state index in [4.69, 9.17) is 11.6 Å². The Morgan fingerprint density at radius 1 is 1.62 bits per heavy atom. The molecule has 0 aromatic carbocycles. The van der Waals surface area contributed by atoms with Crippen molar-refractivity contribution in [1.29, 1.82) is 0 Å². The number of aryl methyl sites for hydroxylation is 1. The van der Waals surface area contributed by atoms with Gasteiger partial charge in [-0.25, -0.2) is 4.79 Å². The normalized spacial score (nSPS) is 10.2. The highest BCUT2D eigenvalue weighted by Gasteiger charge is 2.16. The lowest BCUT2D eigenvalue weighted by atomic mass is 10.1. The monoisotopic (exact) mass is 199 g/mol. The van der Waals surface area contributed by atoms with Gasteiger partial charge in [-0.15, -0.1) is 0 Å². The first-order valence-electron chi connectivity index (χ1n) is 3.88. The van der Waals surface area contributed by atoms with E-state index in [9.17, 15) is 4.79 Å². The van der Waals surface area contributed by atoms with Crippen molar-refractivity contribution in [3.8, 4) is 0 Å². The third-order valence-corrected chi connectivity index (χ3v) is 2.11. The van der Waals surface area contributed by atoms with Crippen LogP contribution in [-0.4, -0.2) is 15.9 Å². The molecule has 4 nitrogen and oxygen atoms in total. The topological polar surface area (TPSA) is 47.2 Å². The first kappa shape index (κ1) is 9.96. The molecular formula is C8H10ClN3O. The lowest BCUT2D eigenvalue weighted by Gasteiger charge is -1.98. The second-order valence-corrected chi connectivity index (χ2v) is 3.36. The van der Waals surface area contributed by atoms with Gasteiger partial charge in [0.05, 0.1) is 5.69 Å². The fourth-order valence-electron chi connectivity index (χ4n) is 1.05. The summed E-state index contributed by atoms with van der Waals surface area (Å²) in [6.07, 6.45) is 1.47. The van der Waals surface area contributed by atoms with E-state index in [-0.39, 0.29) is 5.92 Å². The van der Waals surface area contributed by atoms with Gasteiger partial charge in [0, 0.05) is 7.05 Å². The molecule has 0 saturated heterocycles. The summed E-state index contributed by atoms with van der Waals surface area (Å²) in [5.41, 5.74) is 1.14. The second kappa shape index (κ2) is 3.73. The number of halogens is 1. The van der Waals surface area contributed by atoms with Crippen molar-refractivity contribution in [2.24, 2.45) is 12.0 Å². The van der Waals surface area contributed by atoms with Gasteiger partial charge in [-0.1, -0.05) is 25.4 Å². The van der Waals surface area contributed by atoms with Crippen molar-refractivity contribution in [2.75, 3.05) is 0 Å². The van der Waals surface area contributed by atoms with Crippen LogP contribution >= 0.6 is 11.6 Å². The number of hydrogen-bond donors (Lipinski definition) is 0. The SMILES string of the molecule is CC(C)c1nn(C)c(Cl)c1N=C=O. The van der Waals surface area contributed by atoms with Gasteiger partial charge >= 0.3 is 0 Å². The van der Waals surface area contributed by atoms with Crippen molar-refractivity contribution in [1.82, 2.24) is 9.78 Å². The van der Waals surface area contributed by atoms with Crippen LogP contribution in [0.5, 0.6) is 0 Å². The van der Waals surface area contributed by atoms with Crippen LogP contribution in [0.3, 0.4) is 0 Å². The Labute approximate surface area is 81.2 Å². The Hall–Kier alpha value is -1.12. The van der Waals surface area contributed by atoms with Gasteiger partial charge in [-0.2, -0.15) is 10.1 Å². The second-order valence-electron chi connectivity index (χ2n) is 3.01. The molecule has 0 aliphatic heterocycles. The number of hydrogen-bond acceptors (Lipinski definition) is 3. The fraction of sp³-hybridized carbons (Fsp3) is 0.500. The zero-order valence-corrected chi connectivity index (χ0v) is 8.46. The van der Waals surface area contributed by atoms with Crippen molar-refractivity contribution >= 4 is 23.4 Å². The summed E-state index contributed by atoms with van der Waals surface area (Å²) in [6, 6.07) is 0. The maximum absolute atomic E-state index is 10.1. The Kier molecular flexibility index (Phi) is 2.86. The predicted octanol–water partition coefficient (Wildman–Crippen LogP) is 2.16. The van der Waals surface area contributed by atoms with E-state index < -0.39 is 0 Å². The third kappa shape index (κ3) is 1.79. The lowest BCUT2D eigenvalue weighted by molar-refractivity contribution is 0.565. The smallest absolute Gasteiger partial charge is 0.240 e. The largest absolute Gasteiger partial charge is 0.255 e. The molecule has 0 aliphatic carbocycles. The molecule has 0 fully saturated rings. The van der Waals surface area contributed by atoms with Gasteiger partial charge in [-0.05, 0) is 5.92 Å². The minimum absolute atomic E-state index is 0.186. The lowest BCUT2D eigenvalue weighted by Crippen LogP contribution is -1.93. The molecule has 1 aromatic heterocycles. The molecule has 70 valence electrons. The first-order chi connectivity index (χ1) is 6.07. The Balaban J connectivity index is 3.34. The minimum Gasteiger partial charge on any atom is -0.255 e. The van der Waals surface area contributed by atoms with E-state index in [1.54, 1.807) is 7.05 Å². The molecule has 0 aliphatic rings. The van der Waals surface area contributed by atoms with Crippen LogP contribution in [0.15, 0.2) is 4.99 Å². The predicted molar refractivity (Wildman–Crippen MR) is 50.1 cm³/mol. The van der Waals surface area contributed by atoms with Crippen LogP contribution in [0, 0.1) is 0 Å². The average molecular weight is 200 g/mol. The number of nitrogens with zero attached hydrogens (tertiary/aromatic N) is 3. The number of isocyanates is 1. The van der Waals surface area contributed by atoms with E-state index in [2.05, 4.69) is 10.1 Å². The van der Waals surface area contributed by atoms with Gasteiger partial charge in [0.25, 0.3) is 0 Å². The molecule has 0 saturated carbocycles. The van der Waals surface area contributed by atoms with Gasteiger partial charge in [0.15, 0.2) is 5.15 Å². The molecule has 0 amide bonds. The molecule has 0 atom stereocenters. The van der Waals surface area contributed by atoms with Crippen molar-refractivity contribution in [3.63, 3.8) is 0 Å². The fourth-order valence-corrected chi connectivity index (χ4v) is 1.23. The van der Waals surface area contributed by atoms with E-state index in [1.807, 2.05) is 13.8 Å². The number of carbonyl (C=O) groups excluding carboxylic acids is 1. The number of aliphatic imine (C=N–C) groups is 1. The van der Waals surface area contributed by atoms with Crippen LogP contribution < -0.4 is 0 Å². The molecule has 0 spiro atoms. The maximum Gasteiger partial charge on any atom is 0.240 e. The molecule has 13 heavy (non-hydrogen) atoms. The molecule has 1 aromatic rings. The summed E-state index contributed by atoms with van der Waals surface area (Å²) >= 11 is 5.86. The van der Waals surface area contributed by atoms with E-state index in [0.29, 0.717) is 10.8 Å². The summed E-state index contributed by atoms with van der Waals surface area (Å²) < 4.78 is 1.49. The van der Waals surface area contributed by atoms with E-state index >= 15 is 0 Å². The minimum atomic E-state index is 0.186. The quantitative estimate of drug-likeness (QED) is 0.541. The van der Waals surface area contributed by atoms with Crippen LogP contribution in [0.25, 0.3) is 0 Å². The molecule has 1 heterocycles. The summed E-state index contributed by atoms with van der Waals surface area (Å²) in [7, 11) is 1.71. The summed E-state index contributed by atoms with van der Waals surface area (Å²) in [5, 5.41) is 4.51. The highest BCUT2D eigenvalue weighted by Crippen LogP contribution is 2.32. The van der Waals surface area contributed by atoms with E-state index in [1.165, 1.54) is 10.8 Å². The zero-order valence-electron chi connectivity index (χ0n) is 7.71. The van der Waals surface area contributed by atoms with Gasteiger partial charge < -0.3 is 0 Å². The van der Waals surface area contributed by atoms with Crippen LogP contribution in [-0.2, 0) is 11.8 Å². The van der Waals surface area contributed by atoms with Crippen molar-refractivity contribution < 1.29 is 4.79 Å². The van der Waals surface area contributed by atoms with E-state index in [0.717, 1.165) is 5.69 Å². The standard InChI is InChI=1S/C8H10ClN3O/c1-5(2)6-7(10-4-13)8(9)12(3)11-6/h5H,1-3H3. The Morgan fingerprint density at radius 2 is 2.23 bits per heavy atom. The molecule has 5 heteroatoms. The van der Waals surface area contributed by atoms with Crippen LogP contribution in [0.1, 0.15) is 25.5 Å². The first-order valence-corrected chi connectivity index (χ1v) is 4.26. The summed E-state index contributed by atoms with van der Waals surface area (Å²) in [6.45, 7) is 3.92. The highest BCUT2D eigenvalue weighted by molar-refractivity contribution is 6.32. The Bertz CT molecular complexity index is 364. The summed E-state index contributed by atoms with van der Waals surface area (Å²) in [4.78, 5) is 13.7. The maximum atomic E-state index is 10.1. The van der Waals surface area contributed by atoms with Gasteiger partial charge in [0.2, 0.25) is 6.08 Å². The Morgan fingerprint density at radius 3 is 2.69 bits per heavy atom. The highest BCUT2D eigenvalue weighted by atomic mass is 35.5. The zero-order chi connectivity index (χ0) is 10.0. The van der Waals surface area contributed by atoms with Crippen LogP contribution in [0.4, 0.5) is 5.69 Å². The molecule has 0 unspecified atom stereocenters. The molecule has 0 N–H and O–H groups in total. The molecule has 0 bridgehead atoms. The number of rotatable bonds is 2. The number of aromatic nitrogens is 2. The molecular weight excluding hydrogens is 190 g/mol. The average Bonchev–Trinajstić information content (AvgIpc) is 2.33. The van der Waals surface area contributed by atoms with Gasteiger partial charge in [0.1, 0.15) is 5.69 Å². The van der Waals surface area contributed by atoms with Gasteiger partial charge in [-0.3, -0.25) is 4.68 Å².